The summed E-state index contributed by atoms with van der Waals surface area (Å²) in [7, 11) is 0. The zero-order chi connectivity index (χ0) is 31.6. The van der Waals surface area contributed by atoms with Crippen LogP contribution in [-0.2, 0) is 11.0 Å². The minimum absolute atomic E-state index is 0.0628. The highest BCUT2D eigenvalue weighted by atomic mass is 19.4. The number of amides is 1. The number of carbonyl (C=O) groups is 1. The van der Waals surface area contributed by atoms with Gasteiger partial charge in [-0.25, -0.2) is 9.97 Å². The van der Waals surface area contributed by atoms with Crippen LogP contribution in [-0.4, -0.2) is 50.7 Å². The first-order valence-electron chi connectivity index (χ1n) is 13.4. The quantitative estimate of drug-likeness (QED) is 0.172. The predicted octanol–water partition coefficient (Wildman–Crippen LogP) is 6.71. The number of nitrogens with one attached hydrogen (secondary N) is 2. The first kappa shape index (κ1) is 30.6. The fourth-order valence-corrected chi connectivity index (χ4v) is 5.02. The number of halogens is 6. The third-order valence-electron chi connectivity index (χ3n) is 7.26. The van der Waals surface area contributed by atoms with Gasteiger partial charge in [0.1, 0.15) is 11.6 Å². The van der Waals surface area contributed by atoms with Gasteiger partial charge in [0.05, 0.1) is 16.6 Å². The Kier molecular flexibility index (Phi) is 8.35. The Hall–Kier alpha value is -4.88. The molecule has 1 fully saturated rings. The van der Waals surface area contributed by atoms with E-state index in [9.17, 15) is 35.9 Å². The van der Waals surface area contributed by atoms with Gasteiger partial charge in [0.2, 0.25) is 6.41 Å². The number of ether oxygens (including phenoxy) is 1. The van der Waals surface area contributed by atoms with Crippen molar-refractivity contribution < 1.29 is 35.9 Å². The van der Waals surface area contributed by atoms with Gasteiger partial charge in [-0.15, -0.1) is 13.2 Å². The molecule has 44 heavy (non-hydrogen) atoms. The number of hydrogen-bond acceptors (Lipinski definition) is 5. The molecule has 3 aromatic heterocycles. The van der Waals surface area contributed by atoms with E-state index in [-0.39, 0.29) is 28.4 Å². The number of hydrogen-bond donors (Lipinski definition) is 2. The SMILES string of the molecule is Cc1ccc(OC(F)(F)F)cc1.O=CN1CCC(c2ccnc3nc(-c4c[nH]c5ccc(C(F)(F)F)cc5c4=O)[nH]c23)CC1. The first-order valence-corrected chi connectivity index (χ1v) is 13.4. The number of pyridine rings is 2. The molecular weight excluding hydrogens is 592 g/mol. The molecule has 0 spiro atoms. The van der Waals surface area contributed by atoms with Crippen molar-refractivity contribution in [2.24, 2.45) is 0 Å². The summed E-state index contributed by atoms with van der Waals surface area (Å²) in [6.07, 6.45) is -3.62. The van der Waals surface area contributed by atoms with Gasteiger partial charge >= 0.3 is 12.5 Å². The number of benzene rings is 2. The van der Waals surface area contributed by atoms with Gasteiger partial charge in [0.15, 0.2) is 11.1 Å². The van der Waals surface area contributed by atoms with Crippen LogP contribution in [0, 0.1) is 6.92 Å². The summed E-state index contributed by atoms with van der Waals surface area (Å²) < 4.78 is 77.9. The molecule has 1 aliphatic heterocycles. The van der Waals surface area contributed by atoms with E-state index in [1.165, 1.54) is 24.4 Å². The second-order valence-corrected chi connectivity index (χ2v) is 10.3. The van der Waals surface area contributed by atoms with Crippen molar-refractivity contribution in [2.75, 3.05) is 13.1 Å². The zero-order valence-electron chi connectivity index (χ0n) is 23.1. The molecule has 1 amide bonds. The summed E-state index contributed by atoms with van der Waals surface area (Å²) in [5.41, 5.74) is 2.02. The van der Waals surface area contributed by atoms with Crippen molar-refractivity contribution in [3.05, 3.63) is 87.8 Å². The van der Waals surface area contributed by atoms with E-state index < -0.39 is 23.5 Å². The summed E-state index contributed by atoms with van der Waals surface area (Å²) in [6.45, 7) is 3.10. The van der Waals surface area contributed by atoms with E-state index in [0.29, 0.717) is 29.8 Å². The summed E-state index contributed by atoms with van der Waals surface area (Å²) >= 11 is 0. The zero-order valence-corrected chi connectivity index (χ0v) is 23.1. The van der Waals surface area contributed by atoms with Crippen molar-refractivity contribution in [1.82, 2.24) is 24.8 Å². The highest BCUT2D eigenvalue weighted by molar-refractivity contribution is 5.85. The van der Waals surface area contributed by atoms with E-state index in [1.807, 2.05) is 6.07 Å². The average molecular weight is 618 g/mol. The molecule has 0 saturated carbocycles. The van der Waals surface area contributed by atoms with E-state index in [1.54, 1.807) is 30.2 Å². The second kappa shape index (κ2) is 12.0. The van der Waals surface area contributed by atoms with Crippen LogP contribution in [0.4, 0.5) is 26.3 Å². The van der Waals surface area contributed by atoms with Crippen LogP contribution in [0.25, 0.3) is 33.5 Å². The molecule has 0 radical (unpaired) electrons. The maximum Gasteiger partial charge on any atom is 0.573 e. The third-order valence-corrected chi connectivity index (χ3v) is 7.26. The smallest absolute Gasteiger partial charge is 0.406 e. The molecule has 0 aliphatic carbocycles. The van der Waals surface area contributed by atoms with E-state index in [0.717, 1.165) is 42.5 Å². The van der Waals surface area contributed by atoms with E-state index in [4.69, 9.17) is 0 Å². The number of alkyl halides is 6. The standard InChI is InChI=1S/C22H18F3N5O2.C8H7F3O/c23-22(24,25)13-1-2-17-15(9-13)19(32)16(10-27-17)20-28-18-14(3-6-26-21(18)29-20)12-4-7-30(11-31)8-5-12;1-6-2-4-7(5-3-6)12-8(9,10)11/h1-3,6,9-12H,4-5,7-8H2,(H,27,32)(H,26,28,29);2-5H,1H3. The number of piperidine rings is 1. The molecule has 0 unspecified atom stereocenters. The number of carbonyl (C=O) groups excluding carboxylic acids is 1. The lowest BCUT2D eigenvalue weighted by molar-refractivity contribution is -0.274. The second-order valence-electron chi connectivity index (χ2n) is 10.3. The van der Waals surface area contributed by atoms with Crippen LogP contribution in [0.2, 0.25) is 0 Å². The molecular formula is C30H25F6N5O3. The van der Waals surface area contributed by atoms with Crippen LogP contribution < -0.4 is 10.2 Å². The Bertz CT molecular complexity index is 1840. The lowest BCUT2D eigenvalue weighted by atomic mass is 9.89. The Labute approximate surface area is 245 Å². The molecule has 1 saturated heterocycles. The van der Waals surface area contributed by atoms with Gasteiger partial charge in [-0.05, 0) is 67.6 Å². The topological polar surface area (TPSA) is 104 Å². The molecule has 6 rings (SSSR count). The molecule has 2 N–H and O–H groups in total. The lowest BCUT2D eigenvalue weighted by Gasteiger charge is -2.29. The number of aromatic nitrogens is 4. The lowest BCUT2D eigenvalue weighted by Crippen LogP contribution is -2.31. The molecule has 5 aromatic rings. The largest absolute Gasteiger partial charge is 0.573 e. The normalized spacial score (nSPS) is 14.4. The number of aromatic amines is 2. The van der Waals surface area contributed by atoms with Gasteiger partial charge in [0.25, 0.3) is 0 Å². The minimum Gasteiger partial charge on any atom is -0.406 e. The summed E-state index contributed by atoms with van der Waals surface area (Å²) in [6, 6.07) is 10.6. The maximum atomic E-state index is 13.1. The molecule has 0 atom stereocenters. The molecule has 14 heteroatoms. The number of aryl methyl sites for hydroxylation is 1. The van der Waals surface area contributed by atoms with Crippen LogP contribution in [0.5, 0.6) is 5.75 Å². The number of likely N-dealkylation sites (tertiary alicyclic amines) is 1. The van der Waals surface area contributed by atoms with Crippen molar-refractivity contribution >= 4 is 28.5 Å². The number of nitrogens with zero attached hydrogens (tertiary/aromatic N) is 3. The van der Waals surface area contributed by atoms with Crippen molar-refractivity contribution in [3.63, 3.8) is 0 Å². The summed E-state index contributed by atoms with van der Waals surface area (Å²) in [4.78, 5) is 40.5. The van der Waals surface area contributed by atoms with Crippen molar-refractivity contribution in [3.8, 4) is 17.1 Å². The van der Waals surface area contributed by atoms with Gasteiger partial charge in [0, 0.05) is 36.4 Å². The van der Waals surface area contributed by atoms with Gasteiger partial charge < -0.3 is 19.6 Å². The molecule has 1 aliphatic rings. The van der Waals surface area contributed by atoms with Crippen LogP contribution >= 0.6 is 0 Å². The highest BCUT2D eigenvalue weighted by Crippen LogP contribution is 2.33. The molecule has 230 valence electrons. The monoisotopic (exact) mass is 617 g/mol. The van der Waals surface area contributed by atoms with Gasteiger partial charge in [-0.1, -0.05) is 17.7 Å². The molecule has 0 bridgehead atoms. The summed E-state index contributed by atoms with van der Waals surface area (Å²) in [5.74, 6) is 0.258. The number of H-pyrrole nitrogens is 2. The van der Waals surface area contributed by atoms with Gasteiger partial charge in [-0.3, -0.25) is 9.59 Å². The maximum absolute atomic E-state index is 13.1. The Morgan fingerprint density at radius 1 is 1.00 bits per heavy atom. The summed E-state index contributed by atoms with van der Waals surface area (Å²) in [5, 5.41) is -0.0628. The number of rotatable bonds is 4. The molecule has 8 nitrogen and oxygen atoms in total. The average Bonchev–Trinajstić information content (AvgIpc) is 3.42. The van der Waals surface area contributed by atoms with Crippen LogP contribution in [0.1, 0.15) is 35.4 Å². The molecule has 2 aromatic carbocycles. The van der Waals surface area contributed by atoms with Crippen LogP contribution in [0.3, 0.4) is 0 Å². The van der Waals surface area contributed by atoms with E-state index in [2.05, 4.69) is 24.7 Å². The van der Waals surface area contributed by atoms with Gasteiger partial charge in [-0.2, -0.15) is 13.2 Å². The Morgan fingerprint density at radius 3 is 2.34 bits per heavy atom. The first-order chi connectivity index (χ1) is 20.8. The Morgan fingerprint density at radius 2 is 1.70 bits per heavy atom. The minimum atomic E-state index is -4.60. The van der Waals surface area contributed by atoms with Crippen LogP contribution in [0.15, 0.2) is 65.7 Å². The van der Waals surface area contributed by atoms with Crippen molar-refractivity contribution in [1.29, 1.82) is 0 Å². The van der Waals surface area contributed by atoms with E-state index >= 15 is 0 Å². The number of fused-ring (bicyclic) bond motifs is 2. The molecule has 4 heterocycles. The Balaban J connectivity index is 0.000000270. The third kappa shape index (κ3) is 6.84. The number of imidazole rings is 1. The fraction of sp³-hybridized carbons (Fsp3) is 0.267. The highest BCUT2D eigenvalue weighted by Gasteiger charge is 2.32. The fourth-order valence-electron chi connectivity index (χ4n) is 5.02. The predicted molar refractivity (Wildman–Crippen MR) is 150 cm³/mol. The van der Waals surface area contributed by atoms with Crippen molar-refractivity contribution in [2.45, 2.75) is 38.2 Å².